The third-order valence-electron chi connectivity index (χ3n) is 2.38. The van der Waals surface area contributed by atoms with Crippen LogP contribution < -0.4 is 11.1 Å². The molecule has 2 amide bonds. The molecule has 0 heterocycles. The summed E-state index contributed by atoms with van der Waals surface area (Å²) in [6.07, 6.45) is 4.87. The molecule has 3 N–H and O–H groups in total. The molecule has 4 heteroatoms. The van der Waals surface area contributed by atoms with Crippen LogP contribution in [0.1, 0.15) is 39.5 Å². The van der Waals surface area contributed by atoms with E-state index in [9.17, 15) is 4.79 Å². The summed E-state index contributed by atoms with van der Waals surface area (Å²) in [6.45, 7) is 8.19. The minimum atomic E-state index is -0.430. The first-order valence-electron chi connectivity index (χ1n) is 5.96. The van der Waals surface area contributed by atoms with Crippen molar-refractivity contribution in [3.8, 4) is 0 Å². The van der Waals surface area contributed by atoms with Crippen LogP contribution in [0.25, 0.3) is 0 Å². The van der Waals surface area contributed by atoms with Crippen LogP contribution in [-0.4, -0.2) is 37.1 Å². The van der Waals surface area contributed by atoms with Crippen molar-refractivity contribution in [2.24, 2.45) is 5.73 Å². The van der Waals surface area contributed by atoms with Gasteiger partial charge in [-0.05, 0) is 25.9 Å². The first-order chi connectivity index (χ1) is 7.20. The molecule has 0 unspecified atom stereocenters. The number of primary amides is 1. The molecular weight excluding hydrogens is 190 g/mol. The van der Waals surface area contributed by atoms with E-state index in [1.807, 2.05) is 0 Å². The molecule has 0 aromatic heterocycles. The monoisotopic (exact) mass is 215 g/mol. The van der Waals surface area contributed by atoms with Crippen LogP contribution in [-0.2, 0) is 0 Å². The molecule has 0 rings (SSSR count). The van der Waals surface area contributed by atoms with E-state index in [-0.39, 0.29) is 0 Å². The van der Waals surface area contributed by atoms with Crippen LogP contribution in [0.5, 0.6) is 0 Å². The van der Waals surface area contributed by atoms with Gasteiger partial charge >= 0.3 is 6.03 Å². The lowest BCUT2D eigenvalue weighted by atomic mass is 10.2. The molecule has 15 heavy (non-hydrogen) atoms. The lowest BCUT2D eigenvalue weighted by Gasteiger charge is -2.21. The van der Waals surface area contributed by atoms with Gasteiger partial charge in [-0.25, -0.2) is 4.79 Å². The second kappa shape index (κ2) is 9.77. The maximum Gasteiger partial charge on any atom is 0.312 e. The van der Waals surface area contributed by atoms with Gasteiger partial charge in [-0.3, -0.25) is 0 Å². The number of nitrogens with one attached hydrogen (secondary N) is 1. The Bertz CT molecular complexity index is 154. The van der Waals surface area contributed by atoms with Gasteiger partial charge in [-0.1, -0.05) is 26.7 Å². The fourth-order valence-electron chi connectivity index (χ4n) is 1.44. The summed E-state index contributed by atoms with van der Waals surface area (Å²) in [4.78, 5) is 12.9. The first-order valence-corrected chi connectivity index (χ1v) is 5.96. The summed E-state index contributed by atoms with van der Waals surface area (Å²) < 4.78 is 0. The molecule has 0 aromatic carbocycles. The zero-order chi connectivity index (χ0) is 11.5. The first kappa shape index (κ1) is 14.2. The Kier molecular flexibility index (Phi) is 9.27. The number of carbonyl (C=O) groups is 1. The van der Waals surface area contributed by atoms with Gasteiger partial charge in [-0.15, -0.1) is 0 Å². The smallest absolute Gasteiger partial charge is 0.312 e. The van der Waals surface area contributed by atoms with Crippen molar-refractivity contribution in [1.29, 1.82) is 0 Å². The molecule has 0 spiro atoms. The van der Waals surface area contributed by atoms with Crippen LogP contribution >= 0.6 is 0 Å². The predicted molar refractivity (Wildman–Crippen MR) is 63.8 cm³/mol. The molecule has 0 bridgehead atoms. The summed E-state index contributed by atoms with van der Waals surface area (Å²) in [7, 11) is 0. The van der Waals surface area contributed by atoms with Crippen molar-refractivity contribution < 1.29 is 4.79 Å². The molecule has 0 aromatic rings. The molecule has 0 aliphatic rings. The number of amides is 2. The van der Waals surface area contributed by atoms with Crippen molar-refractivity contribution in [3.63, 3.8) is 0 Å². The number of carbonyl (C=O) groups excluding carboxylic acids is 1. The molecule has 0 radical (unpaired) electrons. The van der Waals surface area contributed by atoms with Crippen molar-refractivity contribution in [2.75, 3.05) is 26.2 Å². The van der Waals surface area contributed by atoms with Crippen LogP contribution in [0.3, 0.4) is 0 Å². The summed E-state index contributed by atoms with van der Waals surface area (Å²) in [5.74, 6) is 0. The Morgan fingerprint density at radius 2 is 1.67 bits per heavy atom. The molecule has 4 nitrogen and oxygen atoms in total. The van der Waals surface area contributed by atoms with Gasteiger partial charge in [0.15, 0.2) is 0 Å². The molecule has 90 valence electrons. The fraction of sp³-hybridized carbons (Fsp3) is 0.909. The van der Waals surface area contributed by atoms with E-state index in [1.165, 1.54) is 25.7 Å². The maximum absolute atomic E-state index is 10.5. The number of rotatable bonds is 9. The molecule has 0 saturated heterocycles. The Labute approximate surface area is 93.2 Å². The second-order valence-corrected chi connectivity index (χ2v) is 3.84. The SMILES string of the molecule is CCCCN(CCCC)CCNC(N)=O. The Morgan fingerprint density at radius 1 is 1.13 bits per heavy atom. The van der Waals surface area contributed by atoms with Crippen LogP contribution in [0, 0.1) is 0 Å². The zero-order valence-electron chi connectivity index (χ0n) is 10.1. The standard InChI is InChI=1S/C11H25N3O/c1-3-5-8-14(9-6-4-2)10-7-13-11(12)15/h3-10H2,1-2H3,(H3,12,13,15). The van der Waals surface area contributed by atoms with E-state index in [0.717, 1.165) is 19.6 Å². The van der Waals surface area contributed by atoms with E-state index in [1.54, 1.807) is 0 Å². The minimum Gasteiger partial charge on any atom is -0.352 e. The minimum absolute atomic E-state index is 0.430. The molecule has 0 aliphatic heterocycles. The third-order valence-corrected chi connectivity index (χ3v) is 2.38. The molecule has 0 fully saturated rings. The maximum atomic E-state index is 10.5. The van der Waals surface area contributed by atoms with Crippen LogP contribution in [0.15, 0.2) is 0 Å². The molecular formula is C11H25N3O. The highest BCUT2D eigenvalue weighted by Crippen LogP contribution is 1.98. The number of hydrogen-bond acceptors (Lipinski definition) is 2. The van der Waals surface area contributed by atoms with Crippen molar-refractivity contribution in [3.05, 3.63) is 0 Å². The average Bonchev–Trinajstić information content (AvgIpc) is 2.20. The van der Waals surface area contributed by atoms with Gasteiger partial charge in [-0.2, -0.15) is 0 Å². The number of nitrogens with zero attached hydrogens (tertiary/aromatic N) is 1. The van der Waals surface area contributed by atoms with Gasteiger partial charge in [0.25, 0.3) is 0 Å². The van der Waals surface area contributed by atoms with Gasteiger partial charge in [0.1, 0.15) is 0 Å². The van der Waals surface area contributed by atoms with Crippen LogP contribution in [0.4, 0.5) is 4.79 Å². The largest absolute Gasteiger partial charge is 0.352 e. The lowest BCUT2D eigenvalue weighted by Crippen LogP contribution is -2.38. The van der Waals surface area contributed by atoms with E-state index in [0.29, 0.717) is 6.54 Å². The Morgan fingerprint density at radius 3 is 2.07 bits per heavy atom. The van der Waals surface area contributed by atoms with Crippen molar-refractivity contribution in [1.82, 2.24) is 10.2 Å². The Hall–Kier alpha value is -0.770. The van der Waals surface area contributed by atoms with Gasteiger partial charge in [0.2, 0.25) is 0 Å². The Balaban J connectivity index is 3.63. The molecule has 0 atom stereocenters. The van der Waals surface area contributed by atoms with Gasteiger partial charge in [0, 0.05) is 13.1 Å². The third kappa shape index (κ3) is 9.53. The van der Waals surface area contributed by atoms with Gasteiger partial charge in [0.05, 0.1) is 0 Å². The van der Waals surface area contributed by atoms with Crippen molar-refractivity contribution >= 4 is 6.03 Å². The van der Waals surface area contributed by atoms with E-state index in [4.69, 9.17) is 5.73 Å². The van der Waals surface area contributed by atoms with Gasteiger partial charge < -0.3 is 16.0 Å². The summed E-state index contributed by atoms with van der Waals surface area (Å²) in [5.41, 5.74) is 5.01. The fourth-order valence-corrected chi connectivity index (χ4v) is 1.44. The quantitative estimate of drug-likeness (QED) is 0.613. The van der Waals surface area contributed by atoms with E-state index < -0.39 is 6.03 Å². The zero-order valence-corrected chi connectivity index (χ0v) is 10.1. The number of hydrogen-bond donors (Lipinski definition) is 2. The molecule has 0 aliphatic carbocycles. The number of nitrogens with two attached hydrogens (primary N) is 1. The number of urea groups is 1. The predicted octanol–water partition coefficient (Wildman–Crippen LogP) is 1.56. The lowest BCUT2D eigenvalue weighted by molar-refractivity contribution is 0.240. The molecule has 0 saturated carbocycles. The summed E-state index contributed by atoms with van der Waals surface area (Å²) in [6, 6.07) is -0.430. The highest BCUT2D eigenvalue weighted by Gasteiger charge is 2.03. The highest BCUT2D eigenvalue weighted by atomic mass is 16.2. The van der Waals surface area contributed by atoms with E-state index >= 15 is 0 Å². The van der Waals surface area contributed by atoms with Crippen LogP contribution in [0.2, 0.25) is 0 Å². The highest BCUT2D eigenvalue weighted by molar-refractivity contribution is 5.71. The van der Waals surface area contributed by atoms with E-state index in [2.05, 4.69) is 24.1 Å². The summed E-state index contributed by atoms with van der Waals surface area (Å²) >= 11 is 0. The number of unbranched alkanes of at least 4 members (excludes halogenated alkanes) is 2. The summed E-state index contributed by atoms with van der Waals surface area (Å²) in [5, 5.41) is 2.63. The second-order valence-electron chi connectivity index (χ2n) is 3.84. The normalized spacial score (nSPS) is 10.6. The average molecular weight is 215 g/mol. The van der Waals surface area contributed by atoms with Crippen molar-refractivity contribution in [2.45, 2.75) is 39.5 Å². The topological polar surface area (TPSA) is 58.4 Å².